The zero-order valence-electron chi connectivity index (χ0n) is 31.8. The first-order chi connectivity index (χ1) is 26.2. The smallest absolute Gasteiger partial charge is 0.418 e. The first-order valence-electron chi connectivity index (χ1n) is 19.1. The first kappa shape index (κ1) is 41.4. The number of ketones is 2. The number of Topliss-reactive ketones (excluding diaryl/α,β-unsaturated/α-hetero) is 2. The van der Waals surface area contributed by atoms with Gasteiger partial charge in [-0.25, -0.2) is 9.37 Å². The van der Waals surface area contributed by atoms with Gasteiger partial charge in [-0.05, 0) is 54.4 Å². The second-order valence-electron chi connectivity index (χ2n) is 15.0. The molecule has 9 nitrogen and oxygen atoms in total. The highest BCUT2D eigenvalue weighted by Crippen LogP contribution is 2.41. The molecule has 0 fully saturated rings. The Labute approximate surface area is 318 Å². The Balaban J connectivity index is 1.45. The van der Waals surface area contributed by atoms with Crippen LogP contribution in [0.5, 0.6) is 0 Å². The summed E-state index contributed by atoms with van der Waals surface area (Å²) in [6.45, 7) is 8.16. The number of imidazole rings is 1. The molecule has 1 aliphatic carbocycles. The van der Waals surface area contributed by atoms with Gasteiger partial charge in [-0.3, -0.25) is 19.2 Å². The molecule has 1 amide bonds. The number of para-hydroxylation sites is 1. The Morgan fingerprint density at radius 1 is 1.00 bits per heavy atom. The molecule has 1 aliphatic rings. The van der Waals surface area contributed by atoms with Crippen molar-refractivity contribution < 1.29 is 41.5 Å². The lowest BCUT2D eigenvalue weighted by Gasteiger charge is -2.39. The van der Waals surface area contributed by atoms with Crippen molar-refractivity contribution in [2.75, 3.05) is 6.61 Å². The molecule has 5 atom stereocenters. The lowest BCUT2D eigenvalue weighted by Crippen LogP contribution is -2.60. The number of nitrogens with one attached hydrogen (secondary N) is 2. The van der Waals surface area contributed by atoms with E-state index in [1.54, 1.807) is 30.9 Å². The number of aryl methyl sites for hydroxylation is 2. The molecule has 0 spiro atoms. The highest BCUT2D eigenvalue weighted by Gasteiger charge is 2.47. The summed E-state index contributed by atoms with van der Waals surface area (Å²) in [7, 11) is 0. The minimum Gasteiger partial charge on any atom is -0.465 e. The van der Waals surface area contributed by atoms with Gasteiger partial charge < -0.3 is 19.6 Å². The van der Waals surface area contributed by atoms with Gasteiger partial charge >= 0.3 is 12.1 Å². The van der Waals surface area contributed by atoms with Crippen molar-refractivity contribution in [1.29, 1.82) is 0 Å². The number of fused-ring (bicyclic) bond motifs is 3. The van der Waals surface area contributed by atoms with Gasteiger partial charge in [0.25, 0.3) is 0 Å². The first-order valence-corrected chi connectivity index (χ1v) is 19.1. The van der Waals surface area contributed by atoms with E-state index >= 15 is 0 Å². The number of carbonyl (C=O) groups excluding carboxylic acids is 4. The minimum atomic E-state index is -4.63. The van der Waals surface area contributed by atoms with Crippen LogP contribution in [0.2, 0.25) is 0 Å². The maximum absolute atomic E-state index is 14.8. The van der Waals surface area contributed by atoms with Gasteiger partial charge in [0.1, 0.15) is 17.1 Å². The Hall–Kier alpha value is -4.81. The SMILES string of the molecule is CCC(C)[C@H](CC(=O)Cc1ccccc1F)C(=O)N[C@]1(C(=O)C[C@@H](C(=O)OCCCn2ccnc2)C(C)CC)CCc2[nH]c3c(C(F)(F)F)cccc3c2C1. The summed E-state index contributed by atoms with van der Waals surface area (Å²) in [5.41, 5.74) is -1.29. The molecule has 13 heteroatoms. The van der Waals surface area contributed by atoms with E-state index in [1.807, 2.05) is 32.3 Å². The number of H-pyrrole nitrogens is 1. The molecule has 2 aromatic heterocycles. The largest absolute Gasteiger partial charge is 0.465 e. The van der Waals surface area contributed by atoms with Gasteiger partial charge in [0.05, 0.1) is 29.9 Å². The van der Waals surface area contributed by atoms with Crippen LogP contribution < -0.4 is 5.32 Å². The fourth-order valence-electron chi connectivity index (χ4n) is 7.60. The van der Waals surface area contributed by atoms with Crippen molar-refractivity contribution in [3.63, 3.8) is 0 Å². The Kier molecular flexibility index (Phi) is 13.4. The van der Waals surface area contributed by atoms with Crippen LogP contribution in [0.25, 0.3) is 10.9 Å². The molecule has 0 aliphatic heterocycles. The van der Waals surface area contributed by atoms with E-state index < -0.39 is 52.6 Å². The van der Waals surface area contributed by atoms with Crippen LogP contribution in [0.4, 0.5) is 17.6 Å². The second kappa shape index (κ2) is 17.8. The van der Waals surface area contributed by atoms with E-state index in [2.05, 4.69) is 15.3 Å². The molecule has 55 heavy (non-hydrogen) atoms. The van der Waals surface area contributed by atoms with Gasteiger partial charge in [0.15, 0.2) is 5.78 Å². The summed E-state index contributed by atoms with van der Waals surface area (Å²) in [5.74, 6) is -4.67. The summed E-state index contributed by atoms with van der Waals surface area (Å²) >= 11 is 0. The maximum atomic E-state index is 14.8. The number of rotatable bonds is 18. The predicted molar refractivity (Wildman–Crippen MR) is 199 cm³/mol. The van der Waals surface area contributed by atoms with Gasteiger partial charge in [-0.15, -0.1) is 0 Å². The molecule has 2 unspecified atom stereocenters. The number of aromatic amines is 1. The van der Waals surface area contributed by atoms with Gasteiger partial charge in [-0.1, -0.05) is 70.9 Å². The highest BCUT2D eigenvalue weighted by molar-refractivity contribution is 5.98. The van der Waals surface area contributed by atoms with Crippen molar-refractivity contribution in [3.05, 3.63) is 89.4 Å². The van der Waals surface area contributed by atoms with Crippen LogP contribution in [-0.2, 0) is 55.9 Å². The lowest BCUT2D eigenvalue weighted by molar-refractivity contribution is -0.153. The van der Waals surface area contributed by atoms with E-state index in [0.717, 1.165) is 6.07 Å². The van der Waals surface area contributed by atoms with Gasteiger partial charge in [-0.2, -0.15) is 13.2 Å². The maximum Gasteiger partial charge on any atom is 0.418 e. The van der Waals surface area contributed by atoms with Crippen LogP contribution >= 0.6 is 0 Å². The third-order valence-corrected chi connectivity index (χ3v) is 11.4. The summed E-state index contributed by atoms with van der Waals surface area (Å²) in [5, 5.41) is 3.32. The average molecular weight is 767 g/mol. The molecule has 0 saturated carbocycles. The number of hydrogen-bond acceptors (Lipinski definition) is 6. The topological polar surface area (TPSA) is 123 Å². The Morgan fingerprint density at radius 2 is 1.73 bits per heavy atom. The molecule has 4 aromatic rings. The summed E-state index contributed by atoms with van der Waals surface area (Å²) in [6.07, 6.45) is 1.53. The van der Waals surface area contributed by atoms with E-state index in [4.69, 9.17) is 4.74 Å². The fraction of sp³-hybridized carbons (Fsp3) is 0.500. The van der Waals surface area contributed by atoms with E-state index in [9.17, 15) is 36.7 Å². The third-order valence-electron chi connectivity index (χ3n) is 11.4. The van der Waals surface area contributed by atoms with Crippen LogP contribution in [0.15, 0.2) is 61.2 Å². The number of aromatic nitrogens is 3. The number of amides is 1. The molecule has 0 bridgehead atoms. The Morgan fingerprint density at radius 3 is 2.40 bits per heavy atom. The molecule has 0 saturated heterocycles. The van der Waals surface area contributed by atoms with Crippen molar-refractivity contribution in [2.24, 2.45) is 23.7 Å². The Bertz CT molecular complexity index is 1970. The number of halogens is 4. The van der Waals surface area contributed by atoms with Crippen LogP contribution in [0.1, 0.15) is 88.6 Å². The standard InChI is InChI=1S/C42H50F4N4O5/c1-5-26(3)31(22-29(51)21-28-11-7-8-14-35(28)43)39(53)49-41(16-15-36-33(24-41)30-12-9-13-34(38(30)48-36)42(44,45)46)37(52)23-32(27(4)6-2)40(54)55-20-10-18-50-19-17-47-25-50/h7-9,11-14,17,19,25-27,31-32,48H,5-6,10,15-16,18,20-24H2,1-4H3,(H,49,53)/t26?,27?,31-,32+,41+/m0/s1. The normalized spacial score (nSPS) is 17.9. The summed E-state index contributed by atoms with van der Waals surface area (Å²) in [6, 6.07) is 9.81. The summed E-state index contributed by atoms with van der Waals surface area (Å²) in [4.78, 5) is 63.1. The van der Waals surface area contributed by atoms with Crippen molar-refractivity contribution in [1.82, 2.24) is 19.9 Å². The van der Waals surface area contributed by atoms with Crippen molar-refractivity contribution in [2.45, 2.75) is 104 Å². The number of carbonyl (C=O) groups is 4. The number of esters is 1. The minimum absolute atomic E-state index is 0.0579. The molecule has 0 radical (unpaired) electrons. The molecular weight excluding hydrogens is 716 g/mol. The highest BCUT2D eigenvalue weighted by atomic mass is 19.4. The zero-order chi connectivity index (χ0) is 39.9. The second-order valence-corrected chi connectivity index (χ2v) is 15.0. The average Bonchev–Trinajstić information content (AvgIpc) is 3.82. The van der Waals surface area contributed by atoms with Crippen molar-refractivity contribution in [3.8, 4) is 0 Å². The zero-order valence-corrected chi connectivity index (χ0v) is 31.8. The number of alkyl halides is 3. The number of benzene rings is 2. The number of nitrogens with zero attached hydrogens (tertiary/aromatic N) is 2. The molecule has 2 N–H and O–H groups in total. The molecular formula is C42H50F4N4O5. The summed E-state index contributed by atoms with van der Waals surface area (Å²) < 4.78 is 64.2. The van der Waals surface area contributed by atoms with Crippen LogP contribution in [0.3, 0.4) is 0 Å². The number of ether oxygens (including phenoxy) is 1. The van der Waals surface area contributed by atoms with Crippen LogP contribution in [-0.4, -0.2) is 50.1 Å². The van der Waals surface area contributed by atoms with E-state index in [-0.39, 0.29) is 73.8 Å². The monoisotopic (exact) mass is 766 g/mol. The van der Waals surface area contributed by atoms with Gasteiger partial charge in [0.2, 0.25) is 5.91 Å². The van der Waals surface area contributed by atoms with Gasteiger partial charge in [0, 0.05) is 61.6 Å². The molecule has 296 valence electrons. The van der Waals surface area contributed by atoms with Crippen LogP contribution in [0, 0.1) is 29.5 Å². The van der Waals surface area contributed by atoms with E-state index in [0.29, 0.717) is 42.5 Å². The predicted octanol–water partition coefficient (Wildman–Crippen LogP) is 7.99. The molecule has 2 heterocycles. The number of hydrogen-bond donors (Lipinski definition) is 2. The van der Waals surface area contributed by atoms with E-state index in [1.165, 1.54) is 24.3 Å². The van der Waals surface area contributed by atoms with Crippen molar-refractivity contribution >= 4 is 34.3 Å². The molecule has 5 rings (SSSR count). The lowest BCUT2D eigenvalue weighted by atomic mass is 9.72. The molecule has 2 aromatic carbocycles. The quantitative estimate of drug-likeness (QED) is 0.0602. The fourth-order valence-corrected chi connectivity index (χ4v) is 7.60. The third kappa shape index (κ3) is 9.71.